The topological polar surface area (TPSA) is 43.8 Å². The molecule has 0 aliphatic carbocycles. The third-order valence-electron chi connectivity index (χ3n) is 4.19. The van der Waals surface area contributed by atoms with Crippen molar-refractivity contribution in [1.82, 2.24) is 4.90 Å². The Morgan fingerprint density at radius 3 is 2.45 bits per heavy atom. The molecule has 0 unspecified atom stereocenters. The second-order valence-electron chi connectivity index (χ2n) is 5.85. The number of carboxylic acid groups (broad SMARTS) is 1. The molecule has 110 valence electrons. The number of aliphatic carboxylic acids is 1. The maximum absolute atomic E-state index is 10.6. The minimum absolute atomic E-state index is 0.196. The first-order valence-electron chi connectivity index (χ1n) is 7.25. The van der Waals surface area contributed by atoms with Gasteiger partial charge in [-0.1, -0.05) is 12.1 Å². The molecule has 20 heavy (non-hydrogen) atoms. The molecule has 2 atom stereocenters. The van der Waals surface area contributed by atoms with E-state index in [1.165, 1.54) is 5.69 Å². The number of anilines is 1. The molecule has 0 spiro atoms. The highest BCUT2D eigenvalue weighted by molar-refractivity contribution is 5.67. The van der Waals surface area contributed by atoms with Crippen LogP contribution in [0.4, 0.5) is 5.69 Å². The van der Waals surface area contributed by atoms with E-state index in [1.807, 2.05) is 12.1 Å². The molecule has 0 amide bonds. The van der Waals surface area contributed by atoms with Gasteiger partial charge in [0.25, 0.3) is 0 Å². The molecule has 0 bridgehead atoms. The lowest BCUT2D eigenvalue weighted by molar-refractivity contribution is -0.136. The van der Waals surface area contributed by atoms with Crippen molar-refractivity contribution in [2.24, 2.45) is 0 Å². The van der Waals surface area contributed by atoms with E-state index in [9.17, 15) is 4.79 Å². The number of rotatable bonds is 4. The highest BCUT2D eigenvalue weighted by atomic mass is 16.4. The van der Waals surface area contributed by atoms with Crippen molar-refractivity contribution in [1.29, 1.82) is 0 Å². The second-order valence-corrected chi connectivity index (χ2v) is 5.85. The van der Waals surface area contributed by atoms with Crippen LogP contribution in [0.3, 0.4) is 0 Å². The highest BCUT2D eigenvalue weighted by Gasteiger charge is 2.26. The van der Waals surface area contributed by atoms with E-state index in [2.05, 4.69) is 42.8 Å². The lowest BCUT2D eigenvalue weighted by atomic mass is 10.1. The van der Waals surface area contributed by atoms with Crippen LogP contribution >= 0.6 is 0 Å². The first-order chi connectivity index (χ1) is 9.47. The summed E-state index contributed by atoms with van der Waals surface area (Å²) >= 11 is 0. The van der Waals surface area contributed by atoms with Gasteiger partial charge in [0, 0.05) is 37.3 Å². The molecule has 0 aromatic heterocycles. The molecule has 1 saturated heterocycles. The van der Waals surface area contributed by atoms with Crippen LogP contribution in [0, 0.1) is 0 Å². The Morgan fingerprint density at radius 2 is 1.85 bits per heavy atom. The van der Waals surface area contributed by atoms with Crippen LogP contribution in [0.2, 0.25) is 0 Å². The van der Waals surface area contributed by atoms with E-state index < -0.39 is 5.97 Å². The Hall–Kier alpha value is -1.55. The van der Waals surface area contributed by atoms with Crippen LogP contribution in [0.15, 0.2) is 24.3 Å². The van der Waals surface area contributed by atoms with Gasteiger partial charge in [0.2, 0.25) is 0 Å². The summed E-state index contributed by atoms with van der Waals surface area (Å²) in [6.07, 6.45) is 0.797. The number of hydrogen-bond donors (Lipinski definition) is 1. The van der Waals surface area contributed by atoms with E-state index in [4.69, 9.17) is 5.11 Å². The molecule has 1 fully saturated rings. The standard InChI is InChI=1S/C16H24N2O2/c1-12-11-18(13(2)10-17(12)3)15-7-4-14(5-8-15)6-9-16(19)20/h4-5,7-8,12-13H,6,9-11H2,1-3H3,(H,19,20)/t12-,13+/m0/s1. The van der Waals surface area contributed by atoms with Crippen molar-refractivity contribution in [3.8, 4) is 0 Å². The van der Waals surface area contributed by atoms with Crippen molar-refractivity contribution in [3.63, 3.8) is 0 Å². The van der Waals surface area contributed by atoms with Crippen LogP contribution in [-0.2, 0) is 11.2 Å². The summed E-state index contributed by atoms with van der Waals surface area (Å²) in [7, 11) is 2.17. The number of piperazine rings is 1. The van der Waals surface area contributed by atoms with Gasteiger partial charge in [-0.05, 0) is 45.0 Å². The van der Waals surface area contributed by atoms with Crippen molar-refractivity contribution in [2.75, 3.05) is 25.0 Å². The summed E-state index contributed by atoms with van der Waals surface area (Å²) in [6.45, 7) is 6.61. The molecular weight excluding hydrogens is 252 g/mol. The first kappa shape index (κ1) is 14.9. The van der Waals surface area contributed by atoms with E-state index in [-0.39, 0.29) is 6.42 Å². The summed E-state index contributed by atoms with van der Waals surface area (Å²) in [5, 5.41) is 8.71. The Labute approximate surface area is 121 Å². The maximum atomic E-state index is 10.6. The van der Waals surface area contributed by atoms with Gasteiger partial charge in [0.15, 0.2) is 0 Å². The van der Waals surface area contributed by atoms with Gasteiger partial charge in [-0.2, -0.15) is 0 Å². The van der Waals surface area contributed by atoms with Crippen molar-refractivity contribution < 1.29 is 9.90 Å². The Morgan fingerprint density at radius 1 is 1.20 bits per heavy atom. The van der Waals surface area contributed by atoms with Crippen LogP contribution in [0.5, 0.6) is 0 Å². The summed E-state index contributed by atoms with van der Waals surface area (Å²) in [5.74, 6) is -0.740. The molecule has 1 N–H and O–H groups in total. The predicted octanol–water partition coefficient (Wildman–Crippen LogP) is 2.23. The molecule has 1 aliphatic rings. The fourth-order valence-electron chi connectivity index (χ4n) is 2.76. The van der Waals surface area contributed by atoms with Crippen molar-refractivity contribution in [2.45, 2.75) is 38.8 Å². The third-order valence-corrected chi connectivity index (χ3v) is 4.19. The van der Waals surface area contributed by atoms with Gasteiger partial charge < -0.3 is 10.0 Å². The minimum atomic E-state index is -0.740. The zero-order valence-electron chi connectivity index (χ0n) is 12.5. The number of carbonyl (C=O) groups is 1. The van der Waals surface area contributed by atoms with Crippen molar-refractivity contribution >= 4 is 11.7 Å². The number of hydrogen-bond acceptors (Lipinski definition) is 3. The Bertz CT molecular complexity index is 458. The molecule has 4 nitrogen and oxygen atoms in total. The quantitative estimate of drug-likeness (QED) is 0.916. The second kappa shape index (κ2) is 6.27. The predicted molar refractivity (Wildman–Crippen MR) is 81.3 cm³/mol. The van der Waals surface area contributed by atoms with Crippen LogP contribution < -0.4 is 4.90 Å². The fourth-order valence-corrected chi connectivity index (χ4v) is 2.76. The van der Waals surface area contributed by atoms with E-state index in [1.54, 1.807) is 0 Å². The smallest absolute Gasteiger partial charge is 0.303 e. The average molecular weight is 276 g/mol. The van der Waals surface area contributed by atoms with E-state index >= 15 is 0 Å². The molecule has 1 aromatic rings. The highest BCUT2D eigenvalue weighted by Crippen LogP contribution is 2.23. The SMILES string of the molecule is C[C@@H]1CN(C)[C@@H](C)CN1c1ccc(CCC(=O)O)cc1. The first-order valence-corrected chi connectivity index (χ1v) is 7.25. The lowest BCUT2D eigenvalue weighted by Gasteiger charge is -2.43. The summed E-state index contributed by atoms with van der Waals surface area (Å²) in [5.41, 5.74) is 2.32. The summed E-state index contributed by atoms with van der Waals surface area (Å²) < 4.78 is 0. The van der Waals surface area contributed by atoms with Gasteiger partial charge >= 0.3 is 5.97 Å². The number of benzene rings is 1. The Balaban J connectivity index is 2.03. The fraction of sp³-hybridized carbons (Fsp3) is 0.562. The minimum Gasteiger partial charge on any atom is -0.481 e. The summed E-state index contributed by atoms with van der Waals surface area (Å²) in [6, 6.07) is 9.39. The van der Waals surface area contributed by atoms with Gasteiger partial charge in [0.05, 0.1) is 0 Å². The molecule has 0 radical (unpaired) electrons. The van der Waals surface area contributed by atoms with Gasteiger partial charge in [-0.15, -0.1) is 0 Å². The number of likely N-dealkylation sites (N-methyl/N-ethyl adjacent to an activating group) is 1. The van der Waals surface area contributed by atoms with E-state index in [0.29, 0.717) is 18.5 Å². The maximum Gasteiger partial charge on any atom is 0.303 e. The number of aryl methyl sites for hydroxylation is 1. The molecule has 1 heterocycles. The largest absolute Gasteiger partial charge is 0.481 e. The normalized spacial score (nSPS) is 23.9. The molecule has 4 heteroatoms. The molecular formula is C16H24N2O2. The Kier molecular flexibility index (Phi) is 4.65. The molecule has 1 aromatic carbocycles. The molecule has 0 saturated carbocycles. The van der Waals surface area contributed by atoms with Gasteiger partial charge in [-0.25, -0.2) is 0 Å². The molecule has 2 rings (SSSR count). The van der Waals surface area contributed by atoms with Crippen molar-refractivity contribution in [3.05, 3.63) is 29.8 Å². The van der Waals surface area contributed by atoms with E-state index in [0.717, 1.165) is 18.7 Å². The van der Waals surface area contributed by atoms with Crippen LogP contribution in [0.25, 0.3) is 0 Å². The number of carboxylic acids is 1. The zero-order valence-corrected chi connectivity index (χ0v) is 12.5. The third kappa shape index (κ3) is 3.51. The monoisotopic (exact) mass is 276 g/mol. The van der Waals surface area contributed by atoms with Gasteiger partial charge in [-0.3, -0.25) is 9.69 Å². The molecule has 1 aliphatic heterocycles. The van der Waals surface area contributed by atoms with Crippen LogP contribution in [-0.4, -0.2) is 48.2 Å². The number of nitrogens with zero attached hydrogens (tertiary/aromatic N) is 2. The average Bonchev–Trinajstić information content (AvgIpc) is 2.41. The zero-order chi connectivity index (χ0) is 14.7. The van der Waals surface area contributed by atoms with Crippen LogP contribution in [0.1, 0.15) is 25.8 Å². The van der Waals surface area contributed by atoms with Gasteiger partial charge in [0.1, 0.15) is 0 Å². The summed E-state index contributed by atoms with van der Waals surface area (Å²) in [4.78, 5) is 15.4. The lowest BCUT2D eigenvalue weighted by Crippen LogP contribution is -2.55.